The number of rotatable bonds is 2. The van der Waals surface area contributed by atoms with Crippen LogP contribution in [0.25, 0.3) is 0 Å². The molecule has 1 aliphatic heterocycles. The molecule has 2 rings (SSSR count). The number of pyridine rings is 1. The minimum atomic E-state index is -0.295. The van der Waals surface area contributed by atoms with Gasteiger partial charge in [0, 0.05) is 6.20 Å². The van der Waals surface area contributed by atoms with Crippen LogP contribution in [-0.4, -0.2) is 18.7 Å². The van der Waals surface area contributed by atoms with Crippen LogP contribution in [0.4, 0.5) is 0 Å². The van der Waals surface area contributed by atoms with E-state index in [1.54, 1.807) is 19.4 Å². The van der Waals surface area contributed by atoms with Gasteiger partial charge in [-0.25, -0.2) is 4.98 Å². The Hall–Kier alpha value is -0.800. The van der Waals surface area contributed by atoms with Gasteiger partial charge in [-0.2, -0.15) is 0 Å². The lowest BCUT2D eigenvalue weighted by atomic mass is 10.0. The van der Waals surface area contributed by atoms with Crippen molar-refractivity contribution in [3.05, 3.63) is 22.8 Å². The Bertz CT molecular complexity index is 336. The summed E-state index contributed by atoms with van der Waals surface area (Å²) >= 11 is 6.03. The second-order valence-corrected chi connectivity index (χ2v) is 3.60. The molecule has 1 aromatic rings. The fourth-order valence-electron chi connectivity index (χ4n) is 1.31. The van der Waals surface area contributed by atoms with Gasteiger partial charge in [0.15, 0.2) is 0 Å². The van der Waals surface area contributed by atoms with Gasteiger partial charge in [-0.15, -0.1) is 0 Å². The molecule has 13 heavy (non-hydrogen) atoms. The number of nitrogens with zero attached hydrogens (tertiary/aromatic N) is 1. The minimum Gasteiger partial charge on any atom is -0.481 e. The van der Waals surface area contributed by atoms with Gasteiger partial charge in [0.1, 0.15) is 5.60 Å². The molecule has 0 bridgehead atoms. The first-order valence-electron chi connectivity index (χ1n) is 4.00. The van der Waals surface area contributed by atoms with E-state index in [4.69, 9.17) is 21.1 Å². The fourth-order valence-corrected chi connectivity index (χ4v) is 1.64. The molecule has 4 heteroatoms. The number of aromatic nitrogens is 1. The van der Waals surface area contributed by atoms with Crippen molar-refractivity contribution in [3.8, 4) is 5.88 Å². The van der Waals surface area contributed by atoms with Crippen molar-refractivity contribution >= 4 is 11.6 Å². The maximum Gasteiger partial charge on any atom is 0.220 e. The van der Waals surface area contributed by atoms with E-state index >= 15 is 0 Å². The quantitative estimate of drug-likeness (QED) is 0.684. The summed E-state index contributed by atoms with van der Waals surface area (Å²) in [6, 6.07) is 1.74. The first-order chi connectivity index (χ1) is 6.17. The third-order valence-electron chi connectivity index (χ3n) is 2.16. The second kappa shape index (κ2) is 2.86. The Kier molecular flexibility index (Phi) is 1.93. The van der Waals surface area contributed by atoms with Crippen molar-refractivity contribution in [3.63, 3.8) is 0 Å². The molecule has 1 aliphatic rings. The summed E-state index contributed by atoms with van der Waals surface area (Å²) in [4.78, 5) is 4.08. The first-order valence-corrected chi connectivity index (χ1v) is 4.38. The highest BCUT2D eigenvalue weighted by Crippen LogP contribution is 2.45. The molecule has 0 N–H and O–H groups in total. The number of halogens is 1. The van der Waals surface area contributed by atoms with Gasteiger partial charge in [-0.1, -0.05) is 11.6 Å². The summed E-state index contributed by atoms with van der Waals surface area (Å²) in [5.74, 6) is 0.549. The maximum absolute atomic E-state index is 6.03. The Morgan fingerprint density at radius 3 is 2.92 bits per heavy atom. The highest BCUT2D eigenvalue weighted by molar-refractivity contribution is 6.31. The number of epoxide rings is 1. The fraction of sp³-hybridized carbons (Fsp3) is 0.444. The lowest BCUT2D eigenvalue weighted by molar-refractivity contribution is 0.312. The maximum atomic E-state index is 6.03. The third-order valence-corrected chi connectivity index (χ3v) is 2.48. The van der Waals surface area contributed by atoms with E-state index in [9.17, 15) is 0 Å². The van der Waals surface area contributed by atoms with E-state index in [-0.39, 0.29) is 5.60 Å². The Morgan fingerprint density at radius 1 is 1.69 bits per heavy atom. The first kappa shape index (κ1) is 8.78. The van der Waals surface area contributed by atoms with Crippen molar-refractivity contribution < 1.29 is 9.47 Å². The van der Waals surface area contributed by atoms with Crippen LogP contribution in [0.2, 0.25) is 5.02 Å². The molecule has 0 aliphatic carbocycles. The number of hydrogen-bond donors (Lipinski definition) is 0. The summed E-state index contributed by atoms with van der Waals surface area (Å²) in [7, 11) is 1.58. The molecule has 70 valence electrons. The summed E-state index contributed by atoms with van der Waals surface area (Å²) in [5.41, 5.74) is 0.551. The normalized spacial score (nSPS) is 25.8. The van der Waals surface area contributed by atoms with Gasteiger partial charge >= 0.3 is 0 Å². The van der Waals surface area contributed by atoms with Crippen molar-refractivity contribution in [1.82, 2.24) is 4.98 Å². The van der Waals surface area contributed by atoms with Crippen molar-refractivity contribution in [2.75, 3.05) is 13.7 Å². The molecule has 0 aromatic carbocycles. The van der Waals surface area contributed by atoms with Crippen LogP contribution in [0.5, 0.6) is 5.88 Å². The zero-order valence-corrected chi connectivity index (χ0v) is 8.26. The molecule has 1 fully saturated rings. The van der Waals surface area contributed by atoms with Gasteiger partial charge < -0.3 is 9.47 Å². The topological polar surface area (TPSA) is 34.6 Å². The predicted octanol–water partition coefficient (Wildman–Crippen LogP) is 1.99. The smallest absolute Gasteiger partial charge is 0.220 e. The van der Waals surface area contributed by atoms with Crippen LogP contribution < -0.4 is 4.74 Å². The summed E-state index contributed by atoms with van der Waals surface area (Å²) < 4.78 is 10.4. The largest absolute Gasteiger partial charge is 0.481 e. The van der Waals surface area contributed by atoms with Crippen LogP contribution >= 0.6 is 11.6 Å². The number of ether oxygens (including phenoxy) is 2. The molecule has 1 atom stereocenters. The van der Waals surface area contributed by atoms with Crippen LogP contribution in [0.1, 0.15) is 12.5 Å². The molecular weight excluding hydrogens is 190 g/mol. The van der Waals surface area contributed by atoms with Crippen LogP contribution in [0.15, 0.2) is 12.3 Å². The van der Waals surface area contributed by atoms with E-state index < -0.39 is 0 Å². The lowest BCUT2D eigenvalue weighted by Crippen LogP contribution is -2.07. The van der Waals surface area contributed by atoms with Gasteiger partial charge in [0.2, 0.25) is 5.88 Å². The lowest BCUT2D eigenvalue weighted by Gasteiger charge is -2.11. The molecule has 0 amide bonds. The van der Waals surface area contributed by atoms with Gasteiger partial charge in [-0.05, 0) is 13.0 Å². The third kappa shape index (κ3) is 1.38. The molecular formula is C9H10ClNO2. The van der Waals surface area contributed by atoms with E-state index in [1.165, 1.54) is 0 Å². The highest BCUT2D eigenvalue weighted by Gasteiger charge is 2.45. The monoisotopic (exact) mass is 199 g/mol. The molecule has 2 heterocycles. The highest BCUT2D eigenvalue weighted by atomic mass is 35.5. The number of hydrogen-bond acceptors (Lipinski definition) is 3. The summed E-state index contributed by atoms with van der Waals surface area (Å²) in [6.45, 7) is 2.65. The summed E-state index contributed by atoms with van der Waals surface area (Å²) in [5, 5.41) is 0.645. The molecule has 0 saturated carbocycles. The van der Waals surface area contributed by atoms with Crippen LogP contribution in [-0.2, 0) is 10.3 Å². The molecule has 1 aromatic heterocycles. The van der Waals surface area contributed by atoms with Crippen molar-refractivity contribution in [2.24, 2.45) is 0 Å². The molecule has 3 nitrogen and oxygen atoms in total. The van der Waals surface area contributed by atoms with E-state index in [1.807, 2.05) is 6.92 Å². The predicted molar refractivity (Wildman–Crippen MR) is 49.1 cm³/mol. The van der Waals surface area contributed by atoms with Crippen LogP contribution in [0.3, 0.4) is 0 Å². The average molecular weight is 200 g/mol. The Labute approximate surface area is 81.6 Å². The van der Waals surface area contributed by atoms with E-state index in [2.05, 4.69) is 4.98 Å². The Morgan fingerprint density at radius 2 is 2.38 bits per heavy atom. The molecule has 1 saturated heterocycles. The van der Waals surface area contributed by atoms with E-state index in [0.717, 1.165) is 5.56 Å². The zero-order chi connectivity index (χ0) is 9.47. The van der Waals surface area contributed by atoms with Gasteiger partial charge in [0.25, 0.3) is 0 Å². The standard InChI is InChI=1S/C9H10ClNO2/c1-9(5-13-9)7-6(10)3-4-11-8(7)12-2/h3-4H,5H2,1-2H3. The van der Waals surface area contributed by atoms with Gasteiger partial charge in [-0.3, -0.25) is 0 Å². The SMILES string of the molecule is COc1nccc(Cl)c1C1(C)CO1. The molecule has 1 unspecified atom stereocenters. The van der Waals surface area contributed by atoms with Crippen molar-refractivity contribution in [2.45, 2.75) is 12.5 Å². The van der Waals surface area contributed by atoms with Crippen LogP contribution in [0, 0.1) is 0 Å². The average Bonchev–Trinajstić information content (AvgIpc) is 2.84. The minimum absolute atomic E-state index is 0.295. The summed E-state index contributed by atoms with van der Waals surface area (Å²) in [6.07, 6.45) is 1.62. The van der Waals surface area contributed by atoms with E-state index in [0.29, 0.717) is 17.5 Å². The number of methoxy groups -OCH3 is 1. The molecule has 0 radical (unpaired) electrons. The molecule has 0 spiro atoms. The van der Waals surface area contributed by atoms with Gasteiger partial charge in [0.05, 0.1) is 24.3 Å². The second-order valence-electron chi connectivity index (χ2n) is 3.20. The Balaban J connectivity index is 2.52. The van der Waals surface area contributed by atoms with Crippen molar-refractivity contribution in [1.29, 1.82) is 0 Å². The zero-order valence-electron chi connectivity index (χ0n) is 7.50.